The maximum Gasteiger partial charge on any atom is 0.157 e. The van der Waals surface area contributed by atoms with Crippen molar-refractivity contribution in [3.63, 3.8) is 0 Å². The number of aryl methyl sites for hydroxylation is 1. The molecule has 0 aliphatic rings. The Balaban J connectivity index is 1.96. The Morgan fingerprint density at radius 3 is 3.00 bits per heavy atom. The molecule has 2 aromatic rings. The highest BCUT2D eigenvalue weighted by atomic mass is 16.5. The highest BCUT2D eigenvalue weighted by molar-refractivity contribution is 5.40. The fraction of sp³-hybridized carbons (Fsp3) is 0.250. The number of nitrogen functional groups attached to an aromatic ring is 1. The van der Waals surface area contributed by atoms with Gasteiger partial charge in [0.15, 0.2) is 5.75 Å². The van der Waals surface area contributed by atoms with E-state index in [0.29, 0.717) is 6.61 Å². The zero-order valence-electron chi connectivity index (χ0n) is 9.26. The van der Waals surface area contributed by atoms with Gasteiger partial charge in [0.1, 0.15) is 6.61 Å². The van der Waals surface area contributed by atoms with E-state index in [-0.39, 0.29) is 0 Å². The lowest BCUT2D eigenvalue weighted by atomic mass is 10.2. The summed E-state index contributed by atoms with van der Waals surface area (Å²) in [6, 6.07) is 7.67. The van der Waals surface area contributed by atoms with Crippen LogP contribution in [0.3, 0.4) is 0 Å². The number of anilines is 1. The molecule has 16 heavy (non-hydrogen) atoms. The standard InChI is InChI=1S/C12H15N3O/c1-2-15-8-12(7-14-15)16-9-10-4-3-5-11(13)6-10/h3-8H,2,9,13H2,1H3. The summed E-state index contributed by atoms with van der Waals surface area (Å²) in [4.78, 5) is 0. The molecule has 0 amide bonds. The summed E-state index contributed by atoms with van der Waals surface area (Å²) >= 11 is 0. The van der Waals surface area contributed by atoms with Gasteiger partial charge in [-0.15, -0.1) is 0 Å². The molecule has 4 nitrogen and oxygen atoms in total. The number of ether oxygens (including phenoxy) is 1. The second-order valence-corrected chi connectivity index (χ2v) is 3.57. The molecule has 0 aliphatic carbocycles. The second kappa shape index (κ2) is 4.70. The van der Waals surface area contributed by atoms with E-state index >= 15 is 0 Å². The number of aromatic nitrogens is 2. The molecule has 4 heteroatoms. The molecule has 1 aromatic carbocycles. The van der Waals surface area contributed by atoms with Crippen molar-refractivity contribution in [2.24, 2.45) is 0 Å². The zero-order chi connectivity index (χ0) is 11.4. The van der Waals surface area contributed by atoms with Crippen molar-refractivity contribution in [2.75, 3.05) is 5.73 Å². The van der Waals surface area contributed by atoms with E-state index in [4.69, 9.17) is 10.5 Å². The van der Waals surface area contributed by atoms with Crippen LogP contribution in [0.5, 0.6) is 5.75 Å². The highest BCUT2D eigenvalue weighted by Crippen LogP contribution is 2.12. The van der Waals surface area contributed by atoms with Crippen LogP contribution in [-0.4, -0.2) is 9.78 Å². The third kappa shape index (κ3) is 2.53. The Labute approximate surface area is 94.6 Å². The minimum absolute atomic E-state index is 0.514. The molecule has 0 saturated heterocycles. The predicted octanol–water partition coefficient (Wildman–Crippen LogP) is 2.06. The zero-order valence-corrected chi connectivity index (χ0v) is 9.26. The number of hydrogen-bond acceptors (Lipinski definition) is 3. The largest absolute Gasteiger partial charge is 0.486 e. The first kappa shape index (κ1) is 10.5. The van der Waals surface area contributed by atoms with E-state index in [9.17, 15) is 0 Å². The summed E-state index contributed by atoms with van der Waals surface area (Å²) in [5.74, 6) is 0.782. The Hall–Kier alpha value is -1.97. The average molecular weight is 217 g/mol. The molecule has 0 unspecified atom stereocenters. The maximum absolute atomic E-state index is 5.68. The summed E-state index contributed by atoms with van der Waals surface area (Å²) in [7, 11) is 0. The minimum Gasteiger partial charge on any atom is -0.486 e. The molecule has 1 aromatic heterocycles. The molecule has 1 heterocycles. The minimum atomic E-state index is 0.514. The van der Waals surface area contributed by atoms with Crippen molar-refractivity contribution in [3.8, 4) is 5.75 Å². The lowest BCUT2D eigenvalue weighted by molar-refractivity contribution is 0.306. The Morgan fingerprint density at radius 1 is 1.44 bits per heavy atom. The first-order valence-corrected chi connectivity index (χ1v) is 5.27. The average Bonchev–Trinajstić information content (AvgIpc) is 2.74. The van der Waals surface area contributed by atoms with E-state index in [0.717, 1.165) is 23.5 Å². The van der Waals surface area contributed by atoms with Gasteiger partial charge in [0.05, 0.1) is 12.4 Å². The highest BCUT2D eigenvalue weighted by Gasteiger charge is 1.99. The smallest absolute Gasteiger partial charge is 0.157 e. The molecule has 0 bridgehead atoms. The van der Waals surface area contributed by atoms with Crippen LogP contribution in [0.25, 0.3) is 0 Å². The van der Waals surface area contributed by atoms with Crippen LogP contribution < -0.4 is 10.5 Å². The number of benzene rings is 1. The van der Waals surface area contributed by atoms with Gasteiger partial charge in [0, 0.05) is 12.2 Å². The van der Waals surface area contributed by atoms with Crippen LogP contribution in [0.1, 0.15) is 12.5 Å². The van der Waals surface area contributed by atoms with Crippen molar-refractivity contribution < 1.29 is 4.74 Å². The van der Waals surface area contributed by atoms with Crippen LogP contribution in [0.15, 0.2) is 36.7 Å². The summed E-state index contributed by atoms with van der Waals surface area (Å²) < 4.78 is 7.42. The Morgan fingerprint density at radius 2 is 2.31 bits per heavy atom. The summed E-state index contributed by atoms with van der Waals surface area (Å²) in [5.41, 5.74) is 7.50. The van der Waals surface area contributed by atoms with Crippen molar-refractivity contribution in [3.05, 3.63) is 42.2 Å². The first-order chi connectivity index (χ1) is 7.78. The lowest BCUT2D eigenvalue weighted by Gasteiger charge is -2.03. The maximum atomic E-state index is 5.68. The van der Waals surface area contributed by atoms with E-state index in [1.807, 2.05) is 42.1 Å². The molecule has 84 valence electrons. The van der Waals surface area contributed by atoms with Crippen LogP contribution in [-0.2, 0) is 13.2 Å². The van der Waals surface area contributed by atoms with Crippen molar-refractivity contribution in [1.82, 2.24) is 9.78 Å². The van der Waals surface area contributed by atoms with Crippen molar-refractivity contribution in [2.45, 2.75) is 20.1 Å². The quantitative estimate of drug-likeness (QED) is 0.797. The second-order valence-electron chi connectivity index (χ2n) is 3.57. The molecule has 0 spiro atoms. The van der Waals surface area contributed by atoms with E-state index < -0.39 is 0 Å². The fourth-order valence-corrected chi connectivity index (χ4v) is 1.44. The molecule has 0 fully saturated rings. The summed E-state index contributed by atoms with van der Waals surface area (Å²) in [5, 5.41) is 4.13. The van der Waals surface area contributed by atoms with Crippen molar-refractivity contribution >= 4 is 5.69 Å². The Kier molecular flexibility index (Phi) is 3.10. The molecule has 0 radical (unpaired) electrons. The number of rotatable bonds is 4. The van der Waals surface area contributed by atoms with Gasteiger partial charge in [0.2, 0.25) is 0 Å². The van der Waals surface area contributed by atoms with Crippen LogP contribution in [0.4, 0.5) is 5.69 Å². The van der Waals surface area contributed by atoms with Gasteiger partial charge in [-0.25, -0.2) is 0 Å². The lowest BCUT2D eigenvalue weighted by Crippen LogP contribution is -1.96. The normalized spacial score (nSPS) is 10.3. The molecular weight excluding hydrogens is 202 g/mol. The molecule has 0 saturated carbocycles. The molecule has 2 rings (SSSR count). The van der Waals surface area contributed by atoms with Crippen molar-refractivity contribution in [1.29, 1.82) is 0 Å². The van der Waals surface area contributed by atoms with Gasteiger partial charge >= 0.3 is 0 Å². The summed E-state index contributed by atoms with van der Waals surface area (Å²) in [6.45, 7) is 3.40. The topological polar surface area (TPSA) is 53.1 Å². The third-order valence-electron chi connectivity index (χ3n) is 2.29. The fourth-order valence-electron chi connectivity index (χ4n) is 1.44. The van der Waals surface area contributed by atoms with Gasteiger partial charge < -0.3 is 10.5 Å². The third-order valence-corrected chi connectivity index (χ3v) is 2.29. The van der Waals surface area contributed by atoms with Crippen LogP contribution >= 0.6 is 0 Å². The predicted molar refractivity (Wildman–Crippen MR) is 63.1 cm³/mol. The SMILES string of the molecule is CCn1cc(OCc2cccc(N)c2)cn1. The molecular formula is C12H15N3O. The van der Waals surface area contributed by atoms with E-state index in [1.165, 1.54) is 0 Å². The first-order valence-electron chi connectivity index (χ1n) is 5.27. The number of nitrogens with zero attached hydrogens (tertiary/aromatic N) is 2. The number of hydrogen-bond donors (Lipinski definition) is 1. The van der Waals surface area contributed by atoms with Gasteiger partial charge in [-0.1, -0.05) is 12.1 Å². The summed E-state index contributed by atoms with van der Waals surface area (Å²) in [6.07, 6.45) is 3.60. The van der Waals surface area contributed by atoms with Gasteiger partial charge in [-0.3, -0.25) is 4.68 Å². The monoisotopic (exact) mass is 217 g/mol. The molecule has 0 atom stereocenters. The van der Waals surface area contributed by atoms with Gasteiger partial charge in [0.25, 0.3) is 0 Å². The van der Waals surface area contributed by atoms with E-state index in [2.05, 4.69) is 5.10 Å². The van der Waals surface area contributed by atoms with Crippen LogP contribution in [0, 0.1) is 0 Å². The van der Waals surface area contributed by atoms with E-state index in [1.54, 1.807) is 6.20 Å². The Bertz CT molecular complexity index is 465. The number of nitrogens with two attached hydrogens (primary N) is 1. The molecule has 2 N–H and O–H groups in total. The van der Waals surface area contributed by atoms with Gasteiger partial charge in [-0.05, 0) is 24.6 Å². The van der Waals surface area contributed by atoms with Crippen LogP contribution in [0.2, 0.25) is 0 Å². The molecule has 0 aliphatic heterocycles. The van der Waals surface area contributed by atoms with Gasteiger partial charge in [-0.2, -0.15) is 5.10 Å².